The second-order valence-electron chi connectivity index (χ2n) is 11.0. The Bertz CT molecular complexity index is 1660. The molecule has 0 fully saturated rings. The predicted molar refractivity (Wildman–Crippen MR) is 183 cm³/mol. The van der Waals surface area contributed by atoms with E-state index in [-0.39, 0.29) is 6.61 Å². The van der Waals surface area contributed by atoms with Crippen molar-refractivity contribution in [1.82, 2.24) is 0 Å². The fourth-order valence-electron chi connectivity index (χ4n) is 5.37. The number of benzene rings is 6. The molecule has 0 aliphatic carbocycles. The smallest absolute Gasteiger partial charge is 0.119 e. The van der Waals surface area contributed by atoms with Crippen LogP contribution in [0.25, 0.3) is 11.1 Å². The van der Waals surface area contributed by atoms with Crippen LogP contribution in [0.3, 0.4) is 0 Å². The van der Waals surface area contributed by atoms with Gasteiger partial charge in [0, 0.05) is 34.1 Å². The number of rotatable bonds is 9. The van der Waals surface area contributed by atoms with Gasteiger partial charge in [-0.05, 0) is 115 Å². The maximum Gasteiger partial charge on any atom is 0.119 e. The Morgan fingerprint density at radius 3 is 1.05 bits per heavy atom. The lowest BCUT2D eigenvalue weighted by Gasteiger charge is -2.26. The van der Waals surface area contributed by atoms with Gasteiger partial charge in [-0.1, -0.05) is 71.8 Å². The van der Waals surface area contributed by atoms with Gasteiger partial charge >= 0.3 is 0 Å². The summed E-state index contributed by atoms with van der Waals surface area (Å²) in [6.45, 7) is 4.23. The second kappa shape index (κ2) is 12.9. The minimum Gasteiger partial charge on any atom is -0.497 e. The minimum absolute atomic E-state index is 0.0289. The summed E-state index contributed by atoms with van der Waals surface area (Å²) in [5, 5.41) is 9.54. The third-order valence-electron chi connectivity index (χ3n) is 7.88. The van der Waals surface area contributed by atoms with Crippen LogP contribution in [-0.2, 0) is 6.61 Å². The lowest BCUT2D eigenvalue weighted by Crippen LogP contribution is -2.10. The van der Waals surface area contributed by atoms with Crippen LogP contribution in [0, 0.1) is 13.8 Å². The fourth-order valence-corrected chi connectivity index (χ4v) is 5.37. The highest BCUT2D eigenvalue weighted by Crippen LogP contribution is 2.38. The first kappa shape index (κ1) is 28.8. The largest absolute Gasteiger partial charge is 0.497 e. The highest BCUT2D eigenvalue weighted by Gasteiger charge is 2.15. The van der Waals surface area contributed by atoms with E-state index in [1.54, 1.807) is 7.11 Å². The molecule has 0 atom stereocenters. The van der Waals surface area contributed by atoms with E-state index in [4.69, 9.17) is 4.74 Å². The molecule has 0 radical (unpaired) electrons. The Balaban J connectivity index is 1.31. The highest BCUT2D eigenvalue weighted by molar-refractivity contribution is 5.81. The first-order valence-electron chi connectivity index (χ1n) is 14.8. The number of methoxy groups -OCH3 is 1. The van der Waals surface area contributed by atoms with Crippen molar-refractivity contribution in [2.45, 2.75) is 20.5 Å². The Morgan fingerprint density at radius 1 is 0.432 bits per heavy atom. The molecule has 6 rings (SSSR count). The molecular formula is C40H36N2O2. The maximum absolute atomic E-state index is 9.54. The van der Waals surface area contributed by atoms with E-state index in [0.29, 0.717) is 0 Å². The van der Waals surface area contributed by atoms with Crippen LogP contribution >= 0.6 is 0 Å². The zero-order valence-electron chi connectivity index (χ0n) is 25.3. The van der Waals surface area contributed by atoms with Crippen LogP contribution < -0.4 is 14.5 Å². The van der Waals surface area contributed by atoms with Crippen LogP contribution in [0.4, 0.5) is 34.1 Å². The van der Waals surface area contributed by atoms with Crippen LogP contribution in [0.2, 0.25) is 0 Å². The average Bonchev–Trinajstić information content (AvgIpc) is 3.08. The van der Waals surface area contributed by atoms with Gasteiger partial charge in [-0.15, -0.1) is 0 Å². The lowest BCUT2D eigenvalue weighted by atomic mass is 10.0. The highest BCUT2D eigenvalue weighted by atomic mass is 16.5. The van der Waals surface area contributed by atoms with Crippen molar-refractivity contribution < 1.29 is 9.84 Å². The van der Waals surface area contributed by atoms with E-state index in [9.17, 15) is 5.11 Å². The molecule has 4 nitrogen and oxygen atoms in total. The Kier molecular flexibility index (Phi) is 8.44. The van der Waals surface area contributed by atoms with Crippen molar-refractivity contribution in [3.63, 3.8) is 0 Å². The minimum atomic E-state index is 0.0289. The molecule has 0 saturated heterocycles. The van der Waals surface area contributed by atoms with Gasteiger partial charge in [0.25, 0.3) is 0 Å². The van der Waals surface area contributed by atoms with Gasteiger partial charge in [0.05, 0.1) is 13.7 Å². The number of aryl methyl sites for hydroxylation is 2. The SMILES string of the molecule is COc1ccc(N(c2ccc(C)cc2)c2ccc(-c3ccc(N(c4ccc(C)cc4)c4ccc(CO)cc4)cc3)cc2)cc1. The third-order valence-corrected chi connectivity index (χ3v) is 7.88. The summed E-state index contributed by atoms with van der Waals surface area (Å²) in [5.74, 6) is 0.833. The summed E-state index contributed by atoms with van der Waals surface area (Å²) in [6.07, 6.45) is 0. The Hall–Kier alpha value is -5.32. The number of hydrogen-bond acceptors (Lipinski definition) is 4. The molecule has 218 valence electrons. The van der Waals surface area contributed by atoms with Crippen LogP contribution in [0.15, 0.2) is 146 Å². The van der Waals surface area contributed by atoms with E-state index in [1.165, 1.54) is 11.1 Å². The quantitative estimate of drug-likeness (QED) is 0.186. The van der Waals surface area contributed by atoms with Crippen molar-refractivity contribution in [3.8, 4) is 16.9 Å². The number of hydrogen-bond donors (Lipinski definition) is 1. The predicted octanol–water partition coefficient (Wildman–Crippen LogP) is 10.4. The monoisotopic (exact) mass is 576 g/mol. The van der Waals surface area contributed by atoms with Crippen LogP contribution in [-0.4, -0.2) is 12.2 Å². The number of aliphatic hydroxyl groups excluding tert-OH is 1. The normalized spacial score (nSPS) is 10.8. The summed E-state index contributed by atoms with van der Waals surface area (Å²) in [7, 11) is 1.69. The molecule has 1 N–H and O–H groups in total. The van der Waals surface area contributed by atoms with E-state index in [0.717, 1.165) is 56.6 Å². The lowest BCUT2D eigenvalue weighted by molar-refractivity contribution is 0.282. The van der Waals surface area contributed by atoms with Gasteiger partial charge in [0.1, 0.15) is 5.75 Å². The molecule has 0 amide bonds. The van der Waals surface area contributed by atoms with E-state index >= 15 is 0 Å². The molecule has 0 saturated carbocycles. The molecule has 4 heteroatoms. The van der Waals surface area contributed by atoms with Crippen molar-refractivity contribution in [2.75, 3.05) is 16.9 Å². The zero-order valence-corrected chi connectivity index (χ0v) is 25.3. The molecule has 0 heterocycles. The molecule has 6 aromatic carbocycles. The molecule has 0 unspecified atom stereocenters. The van der Waals surface area contributed by atoms with Gasteiger partial charge in [0.2, 0.25) is 0 Å². The number of nitrogens with zero attached hydrogens (tertiary/aromatic N) is 2. The summed E-state index contributed by atoms with van der Waals surface area (Å²) >= 11 is 0. The van der Waals surface area contributed by atoms with Gasteiger partial charge < -0.3 is 19.6 Å². The molecule has 0 spiro atoms. The molecule has 0 aliphatic heterocycles. The average molecular weight is 577 g/mol. The summed E-state index contributed by atoms with van der Waals surface area (Å²) in [6, 6.07) is 50.8. The molecule has 6 aromatic rings. The molecule has 0 aromatic heterocycles. The van der Waals surface area contributed by atoms with E-state index in [2.05, 4.69) is 145 Å². The maximum atomic E-state index is 9.54. The van der Waals surface area contributed by atoms with Gasteiger partial charge in [0.15, 0.2) is 0 Å². The topological polar surface area (TPSA) is 35.9 Å². The van der Waals surface area contributed by atoms with Crippen molar-refractivity contribution in [1.29, 1.82) is 0 Å². The summed E-state index contributed by atoms with van der Waals surface area (Å²) in [4.78, 5) is 4.50. The molecule has 44 heavy (non-hydrogen) atoms. The fraction of sp³-hybridized carbons (Fsp3) is 0.100. The van der Waals surface area contributed by atoms with E-state index < -0.39 is 0 Å². The van der Waals surface area contributed by atoms with Crippen molar-refractivity contribution in [2.24, 2.45) is 0 Å². The van der Waals surface area contributed by atoms with Crippen LogP contribution in [0.5, 0.6) is 5.75 Å². The van der Waals surface area contributed by atoms with Crippen LogP contribution in [0.1, 0.15) is 16.7 Å². The van der Waals surface area contributed by atoms with Gasteiger partial charge in [-0.3, -0.25) is 0 Å². The van der Waals surface area contributed by atoms with Crippen molar-refractivity contribution >= 4 is 34.1 Å². The Labute approximate surface area is 260 Å². The first-order chi connectivity index (χ1) is 21.5. The van der Waals surface area contributed by atoms with Gasteiger partial charge in [-0.2, -0.15) is 0 Å². The Morgan fingerprint density at radius 2 is 0.727 bits per heavy atom. The first-order valence-corrected chi connectivity index (χ1v) is 14.8. The summed E-state index contributed by atoms with van der Waals surface area (Å²) in [5.41, 5.74) is 12.1. The second-order valence-corrected chi connectivity index (χ2v) is 11.0. The number of aliphatic hydroxyl groups is 1. The standard InChI is InChI=1S/C40H36N2O2/c1-29-4-14-34(15-5-29)41(36-18-8-31(28-43)9-19-36)37-20-10-32(11-21-37)33-12-22-38(23-13-33)42(35-16-6-30(2)7-17-35)39-24-26-40(44-3)27-25-39/h4-27,43H,28H2,1-3H3. The molecular weight excluding hydrogens is 540 g/mol. The molecule has 0 bridgehead atoms. The van der Waals surface area contributed by atoms with Crippen molar-refractivity contribution in [3.05, 3.63) is 162 Å². The number of ether oxygens (including phenoxy) is 1. The summed E-state index contributed by atoms with van der Waals surface area (Å²) < 4.78 is 5.40. The van der Waals surface area contributed by atoms with Gasteiger partial charge in [-0.25, -0.2) is 0 Å². The molecule has 0 aliphatic rings. The third kappa shape index (κ3) is 6.22. The zero-order chi connectivity index (χ0) is 30.5. The number of anilines is 6. The van der Waals surface area contributed by atoms with E-state index in [1.807, 2.05) is 24.3 Å².